The number of unbranched alkanes of at least 4 members (excludes halogenated alkanes) is 24. The van der Waals surface area contributed by atoms with Crippen molar-refractivity contribution in [1.82, 2.24) is 5.32 Å². The van der Waals surface area contributed by atoms with Crippen LogP contribution in [0, 0.1) is 0 Å². The second-order valence-corrected chi connectivity index (χ2v) is 22.1. The molecule has 1 aliphatic heterocycles. The molecule has 0 bridgehead atoms. The number of carbonyl (C=O) groups excluding carboxylic acids is 2. The summed E-state index contributed by atoms with van der Waals surface area (Å²) in [6.45, 7) is 5.63. The topological polar surface area (TPSA) is 175 Å². The Hall–Kier alpha value is -3.68. The lowest BCUT2D eigenvalue weighted by Crippen LogP contribution is -2.61. The summed E-state index contributed by atoms with van der Waals surface area (Å²) < 4.78 is 17.6. The molecule has 1 aliphatic rings. The van der Waals surface area contributed by atoms with E-state index < -0.39 is 67.4 Å². The number of aliphatic hydroxyl groups is 5. The van der Waals surface area contributed by atoms with Gasteiger partial charge in [0.25, 0.3) is 0 Å². The van der Waals surface area contributed by atoms with Crippen molar-refractivity contribution >= 4 is 11.9 Å². The minimum Gasteiger partial charge on any atom is -0.454 e. The zero-order valence-corrected chi connectivity index (χ0v) is 51.4. The van der Waals surface area contributed by atoms with Gasteiger partial charge in [0.05, 0.1) is 25.4 Å². The van der Waals surface area contributed by atoms with E-state index in [-0.39, 0.29) is 19.4 Å². The number of ether oxygens (including phenoxy) is 3. The maximum atomic E-state index is 13.5. The van der Waals surface area contributed by atoms with E-state index in [2.05, 4.69) is 123 Å². The van der Waals surface area contributed by atoms with Gasteiger partial charge in [-0.1, -0.05) is 252 Å². The third-order valence-electron chi connectivity index (χ3n) is 14.7. The average Bonchev–Trinajstić information content (AvgIpc) is 3.47. The Bertz CT molecular complexity index is 1730. The van der Waals surface area contributed by atoms with Crippen LogP contribution in [-0.4, -0.2) is 99.6 Å². The van der Waals surface area contributed by atoms with E-state index in [0.717, 1.165) is 116 Å². The van der Waals surface area contributed by atoms with E-state index in [9.17, 15) is 35.1 Å². The van der Waals surface area contributed by atoms with Gasteiger partial charge in [-0.05, 0) is 109 Å². The van der Waals surface area contributed by atoms with Crippen LogP contribution in [0.4, 0.5) is 0 Å². The van der Waals surface area contributed by atoms with Gasteiger partial charge < -0.3 is 45.1 Å². The first-order valence-electron chi connectivity index (χ1n) is 32.7. The highest BCUT2D eigenvalue weighted by atomic mass is 16.7. The second kappa shape index (κ2) is 56.8. The molecule has 464 valence electrons. The van der Waals surface area contributed by atoms with Crippen molar-refractivity contribution in [2.45, 2.75) is 307 Å². The van der Waals surface area contributed by atoms with Gasteiger partial charge in [-0.25, -0.2) is 0 Å². The predicted octanol–water partition coefficient (Wildman–Crippen LogP) is 16.1. The van der Waals surface area contributed by atoms with E-state index >= 15 is 0 Å². The molecule has 1 heterocycles. The zero-order valence-electron chi connectivity index (χ0n) is 51.4. The smallest absolute Gasteiger partial charge is 0.306 e. The Morgan fingerprint density at radius 3 is 1.36 bits per heavy atom. The Labute approximate surface area is 494 Å². The molecule has 11 nitrogen and oxygen atoms in total. The highest BCUT2D eigenvalue weighted by Crippen LogP contribution is 2.26. The maximum absolute atomic E-state index is 13.5. The summed E-state index contributed by atoms with van der Waals surface area (Å²) in [6, 6.07) is -1.04. The molecule has 1 amide bonds. The van der Waals surface area contributed by atoms with Crippen molar-refractivity contribution in [1.29, 1.82) is 0 Å². The number of allylic oxidation sites excluding steroid dienone is 17. The molecule has 0 aromatic rings. The van der Waals surface area contributed by atoms with Crippen LogP contribution in [0.2, 0.25) is 0 Å². The molecule has 81 heavy (non-hydrogen) atoms. The van der Waals surface area contributed by atoms with Crippen molar-refractivity contribution in [3.05, 3.63) is 109 Å². The molecule has 0 aromatic carbocycles. The Balaban J connectivity index is 2.70. The zero-order chi connectivity index (χ0) is 58.9. The Morgan fingerprint density at radius 2 is 0.889 bits per heavy atom. The van der Waals surface area contributed by atoms with Gasteiger partial charge in [0.2, 0.25) is 5.91 Å². The molecule has 0 aliphatic carbocycles. The van der Waals surface area contributed by atoms with Gasteiger partial charge in [0.1, 0.15) is 24.4 Å². The highest BCUT2D eigenvalue weighted by molar-refractivity contribution is 5.80. The van der Waals surface area contributed by atoms with E-state index in [0.29, 0.717) is 12.8 Å². The number of aliphatic hydroxyl groups excluding tert-OH is 5. The van der Waals surface area contributed by atoms with Crippen LogP contribution < -0.4 is 5.32 Å². The molecule has 1 saturated heterocycles. The molecule has 0 radical (unpaired) electrons. The summed E-state index contributed by atoms with van der Waals surface area (Å²) >= 11 is 0. The summed E-state index contributed by atoms with van der Waals surface area (Å²) in [7, 11) is 0. The van der Waals surface area contributed by atoms with E-state index in [1.165, 1.54) is 96.3 Å². The van der Waals surface area contributed by atoms with Gasteiger partial charge in [-0.15, -0.1) is 0 Å². The van der Waals surface area contributed by atoms with E-state index in [1.807, 2.05) is 6.08 Å². The van der Waals surface area contributed by atoms with Crippen molar-refractivity contribution < 1.29 is 49.3 Å². The van der Waals surface area contributed by atoms with Crippen LogP contribution in [0.25, 0.3) is 0 Å². The number of rotatable bonds is 54. The first kappa shape index (κ1) is 75.3. The largest absolute Gasteiger partial charge is 0.454 e. The Morgan fingerprint density at radius 1 is 0.494 bits per heavy atom. The normalized spacial score (nSPS) is 19.4. The molecule has 8 unspecified atom stereocenters. The van der Waals surface area contributed by atoms with Gasteiger partial charge in [-0.3, -0.25) is 9.59 Å². The highest BCUT2D eigenvalue weighted by Gasteiger charge is 2.47. The van der Waals surface area contributed by atoms with Crippen molar-refractivity contribution in [3.63, 3.8) is 0 Å². The lowest BCUT2D eigenvalue weighted by Gasteiger charge is -2.41. The number of amides is 1. The molecule has 0 saturated carbocycles. The molecule has 8 atom stereocenters. The van der Waals surface area contributed by atoms with Gasteiger partial charge in [0, 0.05) is 6.42 Å². The first-order valence-corrected chi connectivity index (χ1v) is 32.7. The number of nitrogens with one attached hydrogen (secondary N) is 1. The predicted molar refractivity (Wildman–Crippen MR) is 338 cm³/mol. The maximum Gasteiger partial charge on any atom is 0.306 e. The molecule has 6 N–H and O–H groups in total. The van der Waals surface area contributed by atoms with Crippen LogP contribution in [0.3, 0.4) is 0 Å². The van der Waals surface area contributed by atoms with Gasteiger partial charge in [0.15, 0.2) is 12.4 Å². The van der Waals surface area contributed by atoms with Gasteiger partial charge >= 0.3 is 5.97 Å². The third kappa shape index (κ3) is 44.5. The van der Waals surface area contributed by atoms with Gasteiger partial charge in [-0.2, -0.15) is 0 Å². The summed E-state index contributed by atoms with van der Waals surface area (Å²) in [6.07, 6.45) is 66.8. The molecule has 0 spiro atoms. The van der Waals surface area contributed by atoms with Crippen molar-refractivity contribution in [2.24, 2.45) is 0 Å². The summed E-state index contributed by atoms with van der Waals surface area (Å²) in [5, 5.41) is 57.1. The monoisotopic (exact) mass is 1130 g/mol. The lowest BCUT2D eigenvalue weighted by molar-refractivity contribution is -0.305. The average molecular weight is 1130 g/mol. The fourth-order valence-electron chi connectivity index (χ4n) is 9.51. The van der Waals surface area contributed by atoms with Crippen molar-refractivity contribution in [3.8, 4) is 0 Å². The number of hydrogen-bond acceptors (Lipinski definition) is 10. The summed E-state index contributed by atoms with van der Waals surface area (Å²) in [5.41, 5.74) is 0. The molecule has 11 heteroatoms. The van der Waals surface area contributed by atoms with Crippen LogP contribution >= 0.6 is 0 Å². The van der Waals surface area contributed by atoms with Crippen LogP contribution in [0.15, 0.2) is 109 Å². The van der Waals surface area contributed by atoms with Crippen LogP contribution in [-0.2, 0) is 23.8 Å². The number of hydrogen-bond donors (Lipinski definition) is 6. The lowest BCUT2D eigenvalue weighted by atomic mass is 9.99. The molecule has 0 aromatic heterocycles. The minimum absolute atomic E-state index is 0.0780. The number of carbonyl (C=O) groups is 2. The Kier molecular flexibility index (Phi) is 52.8. The van der Waals surface area contributed by atoms with E-state index in [1.54, 1.807) is 6.08 Å². The first-order chi connectivity index (χ1) is 39.7. The molecular formula is C70H119NO10. The van der Waals surface area contributed by atoms with E-state index in [4.69, 9.17) is 14.2 Å². The molecule has 1 fully saturated rings. The quantitative estimate of drug-likeness (QED) is 0.0195. The standard InChI is InChI=1S/C70H119NO10/c1-4-7-10-13-16-19-22-25-27-29-31-33-34-36-39-42-45-48-51-54-57-63(74)69(78)71-61(62(73)56-53-50-47-44-41-38-24-21-18-15-12-9-6-3)60-79-70-68(67(77)66(76)64(59-72)80-70)81-65(75)58-55-52-49-46-43-40-37-35-32-30-28-26-23-20-17-14-11-8-5-2/h8,11,16-17,19-20,25-28,31-33,35,40,43,53,56,61-64,66-68,70,72-74,76-77H,4-7,9-10,12-15,18,21-24,29-30,34,36-39,41-42,44-52,54-55,57-60H2,1-3H3,(H,71,78)/b11-8-,19-16-,20-17-,27-25-,28-26-,33-31-,35-32-,43-40-,56-53+. The number of esters is 1. The summed E-state index contributed by atoms with van der Waals surface area (Å²) in [4.78, 5) is 26.6. The van der Waals surface area contributed by atoms with Crippen LogP contribution in [0.1, 0.15) is 258 Å². The van der Waals surface area contributed by atoms with Crippen LogP contribution in [0.5, 0.6) is 0 Å². The summed E-state index contributed by atoms with van der Waals surface area (Å²) in [5.74, 6) is -1.24. The SMILES string of the molecule is CC/C=C\C/C=C\C/C=C\C/C=C\C/C=C\CCCCCC(=O)OC1C(OCC(NC(=O)C(O)CCCCCCCCC/C=C\C/C=C\C/C=C\CCCCC)C(O)/C=C/CCCCCCCCCCCCC)OC(CO)C(O)C1O. The molecule has 1 rings (SSSR count). The fourth-order valence-corrected chi connectivity index (χ4v) is 9.51. The third-order valence-corrected chi connectivity index (χ3v) is 14.7. The second-order valence-electron chi connectivity index (χ2n) is 22.1. The molecular weight excluding hydrogens is 1010 g/mol. The van der Waals surface area contributed by atoms with Crippen molar-refractivity contribution in [2.75, 3.05) is 13.2 Å². The fraction of sp³-hybridized carbons (Fsp3) is 0.714. The minimum atomic E-state index is -1.64.